The Kier molecular flexibility index (Phi) is 6.35. The summed E-state index contributed by atoms with van der Waals surface area (Å²) < 4.78 is 13.1. The molecule has 0 saturated heterocycles. The Morgan fingerprint density at radius 2 is 1.94 bits per heavy atom. The van der Waals surface area contributed by atoms with Gasteiger partial charge >= 0.3 is 0 Å². The second-order valence-corrected chi connectivity index (χ2v) is 8.29. The van der Waals surface area contributed by atoms with Crippen molar-refractivity contribution in [2.75, 3.05) is 6.54 Å². The number of ether oxygens (including phenoxy) is 1. The first-order valence-corrected chi connectivity index (χ1v) is 10.9. The second kappa shape index (κ2) is 9.36. The highest BCUT2D eigenvalue weighted by Crippen LogP contribution is 2.39. The zero-order valence-corrected chi connectivity index (χ0v) is 18.9. The van der Waals surface area contributed by atoms with E-state index in [4.69, 9.17) is 9.15 Å². The fourth-order valence-corrected chi connectivity index (χ4v) is 4.00. The molecular weight excluding hydrogens is 422 g/mol. The van der Waals surface area contributed by atoms with Gasteiger partial charge in [-0.15, -0.1) is 0 Å². The number of aromatic nitrogens is 2. The van der Waals surface area contributed by atoms with Gasteiger partial charge in [0.05, 0.1) is 24.0 Å². The lowest BCUT2D eigenvalue weighted by molar-refractivity contribution is -0.129. The number of benzene rings is 1. The van der Waals surface area contributed by atoms with Gasteiger partial charge in [0.25, 0.3) is 5.91 Å². The first-order chi connectivity index (χ1) is 15.8. The zero-order valence-electron chi connectivity index (χ0n) is 18.9. The summed E-state index contributed by atoms with van der Waals surface area (Å²) in [5.74, 6) is -0.256. The van der Waals surface area contributed by atoms with Gasteiger partial charge in [0.15, 0.2) is 11.5 Å². The van der Waals surface area contributed by atoms with Crippen molar-refractivity contribution in [3.05, 3.63) is 83.5 Å². The number of hydrogen-bond donors (Lipinski definition) is 1. The minimum atomic E-state index is -0.730. The Labute approximate surface area is 192 Å². The van der Waals surface area contributed by atoms with E-state index >= 15 is 0 Å². The van der Waals surface area contributed by atoms with Crippen LogP contribution in [-0.4, -0.2) is 43.9 Å². The van der Waals surface area contributed by atoms with Crippen molar-refractivity contribution in [2.24, 2.45) is 0 Å². The third-order valence-corrected chi connectivity index (χ3v) is 5.45. The lowest BCUT2D eigenvalue weighted by Crippen LogP contribution is -2.32. The van der Waals surface area contributed by atoms with Crippen molar-refractivity contribution in [1.29, 1.82) is 0 Å². The van der Waals surface area contributed by atoms with Crippen molar-refractivity contribution in [2.45, 2.75) is 45.9 Å². The summed E-state index contributed by atoms with van der Waals surface area (Å²) in [5.41, 5.74) is 0.729. The van der Waals surface area contributed by atoms with Crippen molar-refractivity contribution in [3.8, 4) is 5.75 Å². The van der Waals surface area contributed by atoms with Crippen LogP contribution in [0, 0.1) is 6.92 Å². The van der Waals surface area contributed by atoms with Crippen LogP contribution in [0.5, 0.6) is 5.75 Å². The van der Waals surface area contributed by atoms with E-state index < -0.39 is 23.5 Å². The standard InChI is InChI=1S/C25H27N3O5/c1-16(2)32-19-8-6-18(7-9-19)22-21(23(29)20-10-5-17(3)33-20)24(30)25(31)28(22)13-4-12-27-14-11-26-15-27/h5-11,14-16,22,30H,4,12-13H2,1-3H3/t22-/m0/s1. The summed E-state index contributed by atoms with van der Waals surface area (Å²) >= 11 is 0. The molecule has 0 radical (unpaired) electrons. The molecule has 1 aliphatic heterocycles. The lowest BCUT2D eigenvalue weighted by Gasteiger charge is -2.27. The molecule has 33 heavy (non-hydrogen) atoms. The topological polar surface area (TPSA) is 97.8 Å². The molecule has 172 valence electrons. The monoisotopic (exact) mass is 449 g/mol. The van der Waals surface area contributed by atoms with Gasteiger partial charge in [-0.05, 0) is 57.0 Å². The van der Waals surface area contributed by atoms with Gasteiger partial charge in [0, 0.05) is 25.5 Å². The summed E-state index contributed by atoms with van der Waals surface area (Å²) in [6.45, 7) is 6.62. The summed E-state index contributed by atoms with van der Waals surface area (Å²) in [6, 6.07) is 9.75. The molecule has 3 heterocycles. The SMILES string of the molecule is Cc1ccc(C(=O)C2=C(O)C(=O)N(CCCn3ccnc3)[C@H]2c2ccc(OC(C)C)cc2)o1. The Morgan fingerprint density at radius 3 is 2.55 bits per heavy atom. The highest BCUT2D eigenvalue weighted by atomic mass is 16.5. The van der Waals surface area contributed by atoms with E-state index in [0.717, 1.165) is 0 Å². The summed E-state index contributed by atoms with van der Waals surface area (Å²) in [4.78, 5) is 31.9. The zero-order chi connectivity index (χ0) is 23.5. The van der Waals surface area contributed by atoms with Gasteiger partial charge in [-0.25, -0.2) is 4.98 Å². The van der Waals surface area contributed by atoms with Crippen LogP contribution in [0.2, 0.25) is 0 Å². The number of aliphatic hydroxyl groups excluding tert-OH is 1. The third kappa shape index (κ3) is 4.69. The molecule has 0 saturated carbocycles. The average molecular weight is 450 g/mol. The predicted octanol–water partition coefficient (Wildman–Crippen LogP) is 4.24. The van der Waals surface area contributed by atoms with Crippen LogP contribution in [0.1, 0.15) is 48.2 Å². The van der Waals surface area contributed by atoms with Crippen LogP contribution in [0.4, 0.5) is 0 Å². The first kappa shape index (κ1) is 22.4. The van der Waals surface area contributed by atoms with E-state index in [2.05, 4.69) is 4.98 Å². The maximum atomic E-state index is 13.3. The Balaban J connectivity index is 1.65. The number of furan rings is 1. The second-order valence-electron chi connectivity index (χ2n) is 8.29. The number of carbonyl (C=O) groups excluding carboxylic acids is 2. The number of nitrogens with zero attached hydrogens (tertiary/aromatic N) is 3. The van der Waals surface area contributed by atoms with E-state index in [1.807, 2.05) is 36.7 Å². The Morgan fingerprint density at radius 1 is 1.18 bits per heavy atom. The van der Waals surface area contributed by atoms with Gasteiger partial charge in [-0.2, -0.15) is 0 Å². The smallest absolute Gasteiger partial charge is 0.290 e. The van der Waals surface area contributed by atoms with Crippen LogP contribution in [0.15, 0.2) is 70.9 Å². The van der Waals surface area contributed by atoms with Gasteiger partial charge in [-0.1, -0.05) is 12.1 Å². The van der Waals surface area contributed by atoms with Crippen LogP contribution in [0.25, 0.3) is 0 Å². The largest absolute Gasteiger partial charge is 0.503 e. The Bertz CT molecular complexity index is 1160. The fourth-order valence-electron chi connectivity index (χ4n) is 4.00. The Hall–Kier alpha value is -3.81. The highest BCUT2D eigenvalue weighted by Gasteiger charge is 2.44. The first-order valence-electron chi connectivity index (χ1n) is 10.9. The quantitative estimate of drug-likeness (QED) is 0.491. The van der Waals surface area contributed by atoms with E-state index in [-0.39, 0.29) is 17.4 Å². The van der Waals surface area contributed by atoms with E-state index in [1.165, 1.54) is 4.90 Å². The number of hydrogen-bond acceptors (Lipinski definition) is 6. The number of aryl methyl sites for hydroxylation is 2. The average Bonchev–Trinajstić information content (AvgIpc) is 3.51. The maximum absolute atomic E-state index is 13.3. The van der Waals surface area contributed by atoms with Crippen molar-refractivity contribution >= 4 is 11.7 Å². The third-order valence-electron chi connectivity index (χ3n) is 5.45. The molecule has 1 aliphatic rings. The van der Waals surface area contributed by atoms with Crippen LogP contribution < -0.4 is 4.74 Å². The van der Waals surface area contributed by atoms with Gasteiger partial charge in [0.2, 0.25) is 5.78 Å². The molecule has 8 nitrogen and oxygen atoms in total. The number of imidazole rings is 1. The minimum Gasteiger partial charge on any atom is -0.503 e. The predicted molar refractivity (Wildman–Crippen MR) is 121 cm³/mol. The molecule has 0 aliphatic carbocycles. The van der Waals surface area contributed by atoms with Gasteiger partial charge < -0.3 is 23.7 Å². The molecule has 1 amide bonds. The molecule has 0 fully saturated rings. The van der Waals surface area contributed by atoms with Crippen molar-refractivity contribution in [3.63, 3.8) is 0 Å². The van der Waals surface area contributed by atoms with Crippen LogP contribution in [-0.2, 0) is 11.3 Å². The number of aliphatic hydroxyl groups is 1. The summed E-state index contributed by atoms with van der Waals surface area (Å²) in [6.07, 6.45) is 5.90. The molecule has 1 aromatic carbocycles. The van der Waals surface area contributed by atoms with Crippen molar-refractivity contribution in [1.82, 2.24) is 14.5 Å². The lowest BCUT2D eigenvalue weighted by atomic mass is 9.95. The molecule has 4 rings (SSSR count). The van der Waals surface area contributed by atoms with E-state index in [0.29, 0.717) is 36.6 Å². The van der Waals surface area contributed by atoms with Crippen LogP contribution in [0.3, 0.4) is 0 Å². The number of ketones is 1. The van der Waals surface area contributed by atoms with Crippen molar-refractivity contribution < 1.29 is 23.8 Å². The summed E-state index contributed by atoms with van der Waals surface area (Å²) in [7, 11) is 0. The molecule has 3 aromatic rings. The molecule has 8 heteroatoms. The molecule has 1 atom stereocenters. The minimum absolute atomic E-state index is 0.0202. The molecule has 0 unspecified atom stereocenters. The fraction of sp³-hybridized carbons (Fsp3) is 0.320. The molecule has 0 bridgehead atoms. The van der Waals surface area contributed by atoms with E-state index in [1.54, 1.807) is 43.7 Å². The van der Waals surface area contributed by atoms with Gasteiger partial charge in [-0.3, -0.25) is 9.59 Å². The molecular formula is C25H27N3O5. The normalized spacial score (nSPS) is 16.2. The highest BCUT2D eigenvalue weighted by molar-refractivity contribution is 6.15. The number of rotatable bonds is 9. The maximum Gasteiger partial charge on any atom is 0.290 e. The van der Waals surface area contributed by atoms with E-state index in [9.17, 15) is 14.7 Å². The molecule has 2 aromatic heterocycles. The van der Waals surface area contributed by atoms with Crippen LogP contribution >= 0.6 is 0 Å². The number of Topliss-reactive ketones (excluding diaryl/α,β-unsaturated/α-hetero) is 1. The summed E-state index contributed by atoms with van der Waals surface area (Å²) in [5, 5.41) is 10.7. The number of amides is 1. The number of carbonyl (C=O) groups is 2. The molecule has 0 spiro atoms. The van der Waals surface area contributed by atoms with Gasteiger partial charge in [0.1, 0.15) is 11.5 Å². The molecule has 1 N–H and O–H groups in total.